The standard InChI is InChI=1S/C14H23N5O/c1-4-11(2)17-13-9-12(15-10-16-13)14(20)19-7-5-18(3)6-8-19/h9-11H,4-8H2,1-3H3,(H,15,16,17). The molecule has 6 heteroatoms. The minimum Gasteiger partial charge on any atom is -0.368 e. The van der Waals surface area contributed by atoms with E-state index in [9.17, 15) is 4.79 Å². The van der Waals surface area contributed by atoms with E-state index in [-0.39, 0.29) is 5.91 Å². The predicted octanol–water partition coefficient (Wildman–Crippen LogP) is 1.07. The second-order valence-electron chi connectivity index (χ2n) is 5.34. The Morgan fingerprint density at radius 2 is 2.05 bits per heavy atom. The molecule has 0 aromatic carbocycles. The molecule has 0 radical (unpaired) electrons. The van der Waals surface area contributed by atoms with E-state index in [1.165, 1.54) is 6.33 Å². The summed E-state index contributed by atoms with van der Waals surface area (Å²) < 4.78 is 0. The molecule has 6 nitrogen and oxygen atoms in total. The number of aromatic nitrogens is 2. The van der Waals surface area contributed by atoms with Crippen molar-refractivity contribution in [3.8, 4) is 0 Å². The Hall–Kier alpha value is -1.69. The van der Waals surface area contributed by atoms with E-state index in [1.54, 1.807) is 6.07 Å². The van der Waals surface area contributed by atoms with Crippen LogP contribution < -0.4 is 5.32 Å². The first-order valence-electron chi connectivity index (χ1n) is 7.16. The highest BCUT2D eigenvalue weighted by Crippen LogP contribution is 2.10. The van der Waals surface area contributed by atoms with Crippen LogP contribution in [0.5, 0.6) is 0 Å². The largest absolute Gasteiger partial charge is 0.368 e. The van der Waals surface area contributed by atoms with E-state index in [1.807, 2.05) is 4.90 Å². The van der Waals surface area contributed by atoms with Gasteiger partial charge < -0.3 is 15.1 Å². The fraction of sp³-hybridized carbons (Fsp3) is 0.643. The van der Waals surface area contributed by atoms with Crippen molar-refractivity contribution in [1.29, 1.82) is 0 Å². The van der Waals surface area contributed by atoms with E-state index in [4.69, 9.17) is 0 Å². The molecule has 2 heterocycles. The average Bonchev–Trinajstić information content (AvgIpc) is 2.47. The Labute approximate surface area is 120 Å². The van der Waals surface area contributed by atoms with Gasteiger partial charge in [0.15, 0.2) is 0 Å². The number of amides is 1. The predicted molar refractivity (Wildman–Crippen MR) is 78.8 cm³/mol. The van der Waals surface area contributed by atoms with Gasteiger partial charge >= 0.3 is 0 Å². The van der Waals surface area contributed by atoms with Crippen LogP contribution in [-0.4, -0.2) is 64.9 Å². The molecule has 1 N–H and O–H groups in total. The molecule has 1 saturated heterocycles. The third-order valence-electron chi connectivity index (χ3n) is 3.68. The molecule has 1 aromatic heterocycles. The van der Waals surface area contributed by atoms with Gasteiger partial charge in [-0.25, -0.2) is 9.97 Å². The van der Waals surface area contributed by atoms with Gasteiger partial charge in [0.1, 0.15) is 17.8 Å². The number of carbonyl (C=O) groups excluding carboxylic acids is 1. The van der Waals surface area contributed by atoms with Crippen LogP contribution in [0.3, 0.4) is 0 Å². The number of nitrogens with one attached hydrogen (secondary N) is 1. The lowest BCUT2D eigenvalue weighted by Gasteiger charge is -2.32. The smallest absolute Gasteiger partial charge is 0.272 e. The Morgan fingerprint density at radius 1 is 1.35 bits per heavy atom. The monoisotopic (exact) mass is 277 g/mol. The summed E-state index contributed by atoms with van der Waals surface area (Å²) in [6, 6.07) is 2.07. The summed E-state index contributed by atoms with van der Waals surface area (Å²) in [7, 11) is 2.07. The van der Waals surface area contributed by atoms with Crippen molar-refractivity contribution in [3.63, 3.8) is 0 Å². The molecular formula is C14H23N5O. The summed E-state index contributed by atoms with van der Waals surface area (Å²) in [5, 5.41) is 3.27. The first-order valence-corrected chi connectivity index (χ1v) is 7.16. The van der Waals surface area contributed by atoms with Gasteiger partial charge in [0.25, 0.3) is 5.91 Å². The Morgan fingerprint density at radius 3 is 2.70 bits per heavy atom. The first kappa shape index (κ1) is 14.7. The van der Waals surface area contributed by atoms with Crippen molar-refractivity contribution in [2.24, 2.45) is 0 Å². The van der Waals surface area contributed by atoms with Gasteiger partial charge in [-0.15, -0.1) is 0 Å². The summed E-state index contributed by atoms with van der Waals surface area (Å²) in [4.78, 5) is 24.8. The van der Waals surface area contributed by atoms with Crippen molar-refractivity contribution in [2.75, 3.05) is 38.5 Å². The summed E-state index contributed by atoms with van der Waals surface area (Å²) in [5.74, 6) is 0.708. The fourth-order valence-corrected chi connectivity index (χ4v) is 2.08. The highest BCUT2D eigenvalue weighted by atomic mass is 16.2. The molecule has 1 atom stereocenters. The fourth-order valence-electron chi connectivity index (χ4n) is 2.08. The molecule has 0 saturated carbocycles. The zero-order valence-corrected chi connectivity index (χ0v) is 12.5. The van der Waals surface area contributed by atoms with E-state index < -0.39 is 0 Å². The lowest BCUT2D eigenvalue weighted by molar-refractivity contribution is 0.0658. The van der Waals surface area contributed by atoms with Crippen molar-refractivity contribution in [1.82, 2.24) is 19.8 Å². The van der Waals surface area contributed by atoms with E-state index >= 15 is 0 Å². The molecule has 1 aliphatic rings. The minimum absolute atomic E-state index is 0.00676. The van der Waals surface area contributed by atoms with Gasteiger partial charge in [-0.3, -0.25) is 4.79 Å². The van der Waals surface area contributed by atoms with Crippen LogP contribution in [0.2, 0.25) is 0 Å². The number of nitrogens with zero attached hydrogens (tertiary/aromatic N) is 4. The maximum atomic E-state index is 12.4. The topological polar surface area (TPSA) is 61.4 Å². The Kier molecular flexibility index (Phi) is 4.89. The summed E-state index contributed by atoms with van der Waals surface area (Å²) >= 11 is 0. The highest BCUT2D eigenvalue weighted by Gasteiger charge is 2.21. The van der Waals surface area contributed by atoms with Gasteiger partial charge in [0, 0.05) is 38.3 Å². The van der Waals surface area contributed by atoms with Gasteiger partial charge in [0.05, 0.1) is 0 Å². The first-order chi connectivity index (χ1) is 9.60. The van der Waals surface area contributed by atoms with Crippen molar-refractivity contribution in [2.45, 2.75) is 26.3 Å². The molecule has 1 unspecified atom stereocenters. The van der Waals surface area contributed by atoms with Crippen LogP contribution in [0.25, 0.3) is 0 Å². The number of likely N-dealkylation sites (N-methyl/N-ethyl adjacent to an activating group) is 1. The molecule has 2 rings (SSSR count). The van der Waals surface area contributed by atoms with E-state index in [2.05, 4.69) is 41.1 Å². The second kappa shape index (κ2) is 6.65. The van der Waals surface area contributed by atoms with E-state index in [0.717, 1.165) is 32.6 Å². The lowest BCUT2D eigenvalue weighted by Crippen LogP contribution is -2.47. The summed E-state index contributed by atoms with van der Waals surface area (Å²) in [5.41, 5.74) is 0.468. The number of hydrogen-bond donors (Lipinski definition) is 1. The zero-order valence-electron chi connectivity index (χ0n) is 12.5. The van der Waals surface area contributed by atoms with Crippen molar-refractivity contribution < 1.29 is 4.79 Å². The molecule has 20 heavy (non-hydrogen) atoms. The molecule has 0 aliphatic carbocycles. The third-order valence-corrected chi connectivity index (χ3v) is 3.68. The summed E-state index contributed by atoms with van der Waals surface area (Å²) in [6.45, 7) is 7.53. The molecule has 1 amide bonds. The molecule has 1 aromatic rings. The minimum atomic E-state index is -0.00676. The zero-order chi connectivity index (χ0) is 14.5. The van der Waals surface area contributed by atoms with Gasteiger partial charge in [-0.1, -0.05) is 6.92 Å². The number of anilines is 1. The van der Waals surface area contributed by atoms with E-state index in [0.29, 0.717) is 17.6 Å². The number of carbonyl (C=O) groups is 1. The number of hydrogen-bond acceptors (Lipinski definition) is 5. The highest BCUT2D eigenvalue weighted by molar-refractivity contribution is 5.93. The van der Waals surface area contributed by atoms with Crippen LogP contribution >= 0.6 is 0 Å². The molecule has 1 aliphatic heterocycles. The van der Waals surface area contributed by atoms with Crippen LogP contribution in [-0.2, 0) is 0 Å². The number of rotatable bonds is 4. The van der Waals surface area contributed by atoms with Crippen LogP contribution in [0.1, 0.15) is 30.8 Å². The Bertz CT molecular complexity index is 457. The lowest BCUT2D eigenvalue weighted by atomic mass is 10.2. The van der Waals surface area contributed by atoms with Crippen LogP contribution in [0.15, 0.2) is 12.4 Å². The SMILES string of the molecule is CCC(C)Nc1cc(C(=O)N2CCN(C)CC2)ncn1. The van der Waals surface area contributed by atoms with Crippen LogP contribution in [0, 0.1) is 0 Å². The normalized spacial score (nSPS) is 17.9. The molecular weight excluding hydrogens is 254 g/mol. The quantitative estimate of drug-likeness (QED) is 0.892. The third kappa shape index (κ3) is 3.66. The average molecular weight is 277 g/mol. The van der Waals surface area contributed by atoms with Crippen molar-refractivity contribution in [3.05, 3.63) is 18.1 Å². The number of piperazine rings is 1. The molecule has 110 valence electrons. The maximum Gasteiger partial charge on any atom is 0.272 e. The second-order valence-corrected chi connectivity index (χ2v) is 5.34. The Balaban J connectivity index is 2.04. The van der Waals surface area contributed by atoms with Gasteiger partial charge in [-0.2, -0.15) is 0 Å². The maximum absolute atomic E-state index is 12.4. The van der Waals surface area contributed by atoms with Gasteiger partial charge in [0.2, 0.25) is 0 Å². The van der Waals surface area contributed by atoms with Crippen LogP contribution in [0.4, 0.5) is 5.82 Å². The summed E-state index contributed by atoms with van der Waals surface area (Å²) in [6.07, 6.45) is 2.46. The molecule has 0 bridgehead atoms. The van der Waals surface area contributed by atoms with Gasteiger partial charge in [-0.05, 0) is 20.4 Å². The molecule has 1 fully saturated rings. The molecule has 0 spiro atoms. The van der Waals surface area contributed by atoms with Crippen molar-refractivity contribution >= 4 is 11.7 Å².